The molecule has 146 valence electrons. The molecule has 2 fully saturated rings. The lowest BCUT2D eigenvalue weighted by atomic mass is 9.68. The highest BCUT2D eigenvalue weighted by Crippen LogP contribution is 2.37. The minimum Gasteiger partial charge on any atom is -0.331 e. The fourth-order valence-electron chi connectivity index (χ4n) is 4.65. The lowest BCUT2D eigenvalue weighted by Gasteiger charge is -2.51. The number of aryl methyl sites for hydroxylation is 2. The van der Waals surface area contributed by atoms with E-state index in [0.717, 1.165) is 49.3 Å². The summed E-state index contributed by atoms with van der Waals surface area (Å²) in [5.41, 5.74) is 3.68. The van der Waals surface area contributed by atoms with Crippen LogP contribution in [0.1, 0.15) is 38.1 Å². The molecule has 2 aliphatic rings. The van der Waals surface area contributed by atoms with E-state index in [1.807, 2.05) is 11.9 Å². The number of amides is 2. The summed E-state index contributed by atoms with van der Waals surface area (Å²) < 4.78 is 2.06. The zero-order chi connectivity index (χ0) is 19.2. The van der Waals surface area contributed by atoms with Crippen LogP contribution < -0.4 is 10.6 Å². The third-order valence-electron chi connectivity index (χ3n) is 6.44. The first-order valence-corrected chi connectivity index (χ1v) is 10.0. The summed E-state index contributed by atoms with van der Waals surface area (Å²) in [4.78, 5) is 19.2. The van der Waals surface area contributed by atoms with Crippen molar-refractivity contribution in [2.24, 2.45) is 18.4 Å². The molecule has 6 heteroatoms. The predicted octanol–water partition coefficient (Wildman–Crippen LogP) is 2.80. The van der Waals surface area contributed by atoms with E-state index >= 15 is 0 Å². The number of nitrogens with zero attached hydrogens (tertiary/aromatic N) is 3. The van der Waals surface area contributed by atoms with Gasteiger partial charge in [0.2, 0.25) is 0 Å². The van der Waals surface area contributed by atoms with Crippen molar-refractivity contribution in [3.05, 3.63) is 29.6 Å². The summed E-state index contributed by atoms with van der Waals surface area (Å²) in [6, 6.07) is 6.89. The Labute approximate surface area is 161 Å². The Bertz CT molecular complexity index is 848. The van der Waals surface area contributed by atoms with Crippen LogP contribution >= 0.6 is 0 Å². The van der Waals surface area contributed by atoms with Crippen molar-refractivity contribution < 1.29 is 4.79 Å². The van der Waals surface area contributed by atoms with Gasteiger partial charge in [-0.3, -0.25) is 0 Å². The normalized spacial score (nSPS) is 22.7. The third-order valence-corrected chi connectivity index (χ3v) is 6.44. The van der Waals surface area contributed by atoms with Crippen LogP contribution in [-0.2, 0) is 13.6 Å². The topological polar surface area (TPSA) is 62.2 Å². The molecule has 1 unspecified atom stereocenters. The molecule has 3 heterocycles. The Balaban J connectivity index is 1.32. The van der Waals surface area contributed by atoms with Gasteiger partial charge >= 0.3 is 6.03 Å². The first-order chi connectivity index (χ1) is 12.8. The fraction of sp³-hybridized carbons (Fsp3) is 0.619. The van der Waals surface area contributed by atoms with Crippen LogP contribution in [0.2, 0.25) is 0 Å². The molecule has 2 saturated heterocycles. The number of hydrogen-bond acceptors (Lipinski definition) is 3. The Morgan fingerprint density at radius 3 is 2.70 bits per heavy atom. The van der Waals surface area contributed by atoms with Gasteiger partial charge in [0.1, 0.15) is 5.82 Å². The number of rotatable bonds is 3. The highest BCUT2D eigenvalue weighted by molar-refractivity contribution is 5.77. The quantitative estimate of drug-likeness (QED) is 0.875. The summed E-state index contributed by atoms with van der Waals surface area (Å²) >= 11 is 0. The van der Waals surface area contributed by atoms with Gasteiger partial charge in [0.15, 0.2) is 0 Å². The molecular formula is C21H31N5O. The summed E-state index contributed by atoms with van der Waals surface area (Å²) in [6.45, 7) is 9.99. The standard InChI is InChI=1S/C21H31N5O/c1-14-5-6-17-16(11-14)24-18(25(17)4)12-22-20(27)26-9-7-15(8-10-26)19-21(2,3)13-23-19/h5-6,11,15,19,23H,7-10,12-13H2,1-4H3,(H,22,27). The van der Waals surface area contributed by atoms with Gasteiger partial charge in [0.25, 0.3) is 0 Å². The molecule has 0 saturated carbocycles. The number of likely N-dealkylation sites (tertiary alicyclic amines) is 1. The van der Waals surface area contributed by atoms with Gasteiger partial charge in [-0.2, -0.15) is 0 Å². The molecule has 0 aliphatic carbocycles. The largest absolute Gasteiger partial charge is 0.331 e. The SMILES string of the molecule is Cc1ccc2c(c1)nc(CNC(=O)N1CCC(C3NCC3(C)C)CC1)n2C. The molecule has 4 rings (SSSR count). The molecule has 6 nitrogen and oxygen atoms in total. The van der Waals surface area contributed by atoms with Crippen molar-refractivity contribution in [3.63, 3.8) is 0 Å². The van der Waals surface area contributed by atoms with Crippen molar-refractivity contribution in [1.29, 1.82) is 0 Å². The maximum Gasteiger partial charge on any atom is 0.317 e. The maximum atomic E-state index is 12.6. The number of benzene rings is 1. The van der Waals surface area contributed by atoms with Crippen LogP contribution in [0.25, 0.3) is 11.0 Å². The first kappa shape index (κ1) is 18.3. The number of nitrogens with one attached hydrogen (secondary N) is 2. The molecule has 2 aliphatic heterocycles. The van der Waals surface area contributed by atoms with Crippen LogP contribution in [0.5, 0.6) is 0 Å². The minimum absolute atomic E-state index is 0.0255. The van der Waals surface area contributed by atoms with Crippen LogP contribution in [0.15, 0.2) is 18.2 Å². The van der Waals surface area contributed by atoms with E-state index in [-0.39, 0.29) is 6.03 Å². The van der Waals surface area contributed by atoms with Gasteiger partial charge in [0.05, 0.1) is 17.6 Å². The van der Waals surface area contributed by atoms with Gasteiger partial charge < -0.3 is 20.1 Å². The number of urea groups is 1. The number of carbonyl (C=O) groups excluding carboxylic acids is 1. The summed E-state index contributed by atoms with van der Waals surface area (Å²) in [6.07, 6.45) is 2.17. The van der Waals surface area contributed by atoms with Crippen LogP contribution in [0.4, 0.5) is 4.79 Å². The molecule has 27 heavy (non-hydrogen) atoms. The van der Waals surface area contributed by atoms with Gasteiger partial charge in [-0.25, -0.2) is 9.78 Å². The summed E-state index contributed by atoms with van der Waals surface area (Å²) in [5.74, 6) is 1.57. The Morgan fingerprint density at radius 1 is 1.33 bits per heavy atom. The molecule has 2 N–H and O–H groups in total. The summed E-state index contributed by atoms with van der Waals surface area (Å²) in [5, 5.41) is 6.65. The van der Waals surface area contributed by atoms with Crippen LogP contribution in [-0.4, -0.2) is 46.2 Å². The second-order valence-electron chi connectivity index (χ2n) is 8.91. The van der Waals surface area contributed by atoms with E-state index in [2.05, 4.69) is 59.2 Å². The fourth-order valence-corrected chi connectivity index (χ4v) is 4.65. The molecule has 1 atom stereocenters. The first-order valence-electron chi connectivity index (χ1n) is 10.0. The van der Waals surface area contributed by atoms with E-state index in [4.69, 9.17) is 0 Å². The minimum atomic E-state index is 0.0255. The van der Waals surface area contributed by atoms with Gasteiger partial charge in [-0.1, -0.05) is 19.9 Å². The van der Waals surface area contributed by atoms with Gasteiger partial charge in [-0.15, -0.1) is 0 Å². The van der Waals surface area contributed by atoms with E-state index in [0.29, 0.717) is 23.9 Å². The molecule has 2 aromatic rings. The smallest absolute Gasteiger partial charge is 0.317 e. The average molecular weight is 370 g/mol. The predicted molar refractivity (Wildman–Crippen MR) is 108 cm³/mol. The molecule has 0 spiro atoms. The van der Waals surface area contributed by atoms with Crippen molar-refractivity contribution in [2.45, 2.75) is 46.2 Å². The second kappa shape index (κ2) is 6.82. The van der Waals surface area contributed by atoms with Crippen molar-refractivity contribution >= 4 is 17.1 Å². The highest BCUT2D eigenvalue weighted by atomic mass is 16.2. The number of carbonyl (C=O) groups is 1. The van der Waals surface area contributed by atoms with Crippen LogP contribution in [0.3, 0.4) is 0 Å². The van der Waals surface area contributed by atoms with Crippen molar-refractivity contribution in [3.8, 4) is 0 Å². The number of hydrogen-bond donors (Lipinski definition) is 2. The van der Waals surface area contributed by atoms with E-state index in [1.165, 1.54) is 5.56 Å². The molecule has 1 aromatic carbocycles. The molecular weight excluding hydrogens is 338 g/mol. The number of imidazole rings is 1. The lowest BCUT2D eigenvalue weighted by Crippen LogP contribution is -2.64. The molecule has 0 bridgehead atoms. The number of piperidine rings is 1. The second-order valence-corrected chi connectivity index (χ2v) is 8.91. The van der Waals surface area contributed by atoms with Crippen molar-refractivity contribution in [2.75, 3.05) is 19.6 Å². The van der Waals surface area contributed by atoms with Crippen LogP contribution in [0, 0.1) is 18.3 Å². The zero-order valence-electron chi connectivity index (χ0n) is 16.9. The molecule has 1 aromatic heterocycles. The monoisotopic (exact) mass is 369 g/mol. The molecule has 2 amide bonds. The van der Waals surface area contributed by atoms with Gasteiger partial charge in [0, 0.05) is 32.7 Å². The Kier molecular flexibility index (Phi) is 4.62. The number of aromatic nitrogens is 2. The maximum absolute atomic E-state index is 12.6. The summed E-state index contributed by atoms with van der Waals surface area (Å²) in [7, 11) is 2.00. The lowest BCUT2D eigenvalue weighted by molar-refractivity contribution is 0.0458. The third kappa shape index (κ3) is 3.43. The van der Waals surface area contributed by atoms with E-state index < -0.39 is 0 Å². The van der Waals surface area contributed by atoms with E-state index in [1.54, 1.807) is 0 Å². The van der Waals surface area contributed by atoms with Crippen molar-refractivity contribution in [1.82, 2.24) is 25.1 Å². The number of fused-ring (bicyclic) bond motifs is 1. The molecule has 0 radical (unpaired) electrons. The zero-order valence-corrected chi connectivity index (χ0v) is 16.9. The van der Waals surface area contributed by atoms with E-state index in [9.17, 15) is 4.79 Å². The highest BCUT2D eigenvalue weighted by Gasteiger charge is 2.43. The Hall–Kier alpha value is -2.08. The average Bonchev–Trinajstić information content (AvgIpc) is 2.94. The van der Waals surface area contributed by atoms with Gasteiger partial charge in [-0.05, 0) is 48.8 Å². The Morgan fingerprint density at radius 2 is 2.07 bits per heavy atom.